The molecule has 0 heterocycles. The molecule has 67 heavy (non-hydrogen) atoms. The number of benzene rings is 10. The minimum Gasteiger partial charge on any atom is -0.310 e. The highest BCUT2D eigenvalue weighted by Gasteiger charge is 2.46. The van der Waals surface area contributed by atoms with E-state index >= 15 is 0 Å². The van der Waals surface area contributed by atoms with Crippen LogP contribution in [0.3, 0.4) is 0 Å². The zero-order valence-corrected chi connectivity index (χ0v) is 38.9. The van der Waals surface area contributed by atoms with Gasteiger partial charge in [0.1, 0.15) is 0 Å². The number of nitrogens with zero attached hydrogens (tertiary/aromatic N) is 1. The molecule has 0 amide bonds. The molecule has 2 aliphatic rings. The van der Waals surface area contributed by atoms with Crippen molar-refractivity contribution >= 4 is 27.8 Å². The van der Waals surface area contributed by atoms with E-state index in [1.807, 2.05) is 0 Å². The van der Waals surface area contributed by atoms with Crippen LogP contribution in [0.1, 0.15) is 73.6 Å². The van der Waals surface area contributed by atoms with Crippen LogP contribution >= 0.6 is 0 Å². The first kappa shape index (κ1) is 40.7. The quantitative estimate of drug-likeness (QED) is 0.154. The molecule has 0 bridgehead atoms. The first-order chi connectivity index (χ1) is 32.6. The van der Waals surface area contributed by atoms with Crippen molar-refractivity contribution in [2.75, 3.05) is 4.90 Å². The van der Waals surface area contributed by atoms with E-state index < -0.39 is 5.41 Å². The van der Waals surface area contributed by atoms with Gasteiger partial charge in [0.25, 0.3) is 0 Å². The summed E-state index contributed by atoms with van der Waals surface area (Å²) in [4.78, 5) is 2.52. The number of fused-ring (bicyclic) bond motifs is 7. The van der Waals surface area contributed by atoms with E-state index in [4.69, 9.17) is 0 Å². The number of hydrogen-bond donors (Lipinski definition) is 0. The van der Waals surface area contributed by atoms with Crippen LogP contribution in [-0.4, -0.2) is 0 Å². The van der Waals surface area contributed by atoms with Crippen LogP contribution in [0.2, 0.25) is 0 Å². The second-order valence-corrected chi connectivity index (χ2v) is 20.0. The van der Waals surface area contributed by atoms with Gasteiger partial charge in [0.2, 0.25) is 0 Å². The molecule has 1 heteroatoms. The van der Waals surface area contributed by atoms with E-state index in [-0.39, 0.29) is 10.8 Å². The second-order valence-electron chi connectivity index (χ2n) is 20.0. The molecule has 0 fully saturated rings. The van der Waals surface area contributed by atoms with E-state index in [0.29, 0.717) is 0 Å². The Morgan fingerprint density at radius 1 is 0.373 bits per heavy atom. The van der Waals surface area contributed by atoms with E-state index in [2.05, 4.69) is 270 Å². The summed E-state index contributed by atoms with van der Waals surface area (Å²) >= 11 is 0. The lowest BCUT2D eigenvalue weighted by atomic mass is 9.68. The van der Waals surface area contributed by atoms with Gasteiger partial charge in [0.15, 0.2) is 0 Å². The molecule has 0 atom stereocenters. The molecule has 0 saturated carbocycles. The van der Waals surface area contributed by atoms with Crippen molar-refractivity contribution < 1.29 is 0 Å². The van der Waals surface area contributed by atoms with Gasteiger partial charge < -0.3 is 4.90 Å². The van der Waals surface area contributed by atoms with Crippen molar-refractivity contribution in [3.05, 3.63) is 269 Å². The summed E-state index contributed by atoms with van der Waals surface area (Å²) in [5, 5.41) is 2.45. The molecule has 0 spiro atoms. The van der Waals surface area contributed by atoms with Gasteiger partial charge in [-0.05, 0) is 124 Å². The first-order valence-corrected chi connectivity index (χ1v) is 23.8. The van der Waals surface area contributed by atoms with Crippen molar-refractivity contribution in [2.24, 2.45) is 0 Å². The van der Waals surface area contributed by atoms with Crippen molar-refractivity contribution in [3.8, 4) is 44.5 Å². The molecular weight excluding hydrogens is 807 g/mol. The molecule has 0 aliphatic heterocycles. The molecule has 322 valence electrons. The number of hydrogen-bond acceptors (Lipinski definition) is 1. The molecule has 0 saturated heterocycles. The zero-order chi connectivity index (χ0) is 45.5. The van der Waals surface area contributed by atoms with Gasteiger partial charge in [0, 0.05) is 22.4 Å². The minimum atomic E-state index is -0.485. The lowest BCUT2D eigenvalue weighted by molar-refractivity contribution is 0.590. The Balaban J connectivity index is 1.12. The maximum atomic E-state index is 2.52. The van der Waals surface area contributed by atoms with Crippen LogP contribution in [0, 0.1) is 0 Å². The molecule has 0 unspecified atom stereocenters. The highest BCUT2D eigenvalue weighted by molar-refractivity contribution is 6.10. The minimum absolute atomic E-state index is 0.0926. The average Bonchev–Trinajstić information content (AvgIpc) is 3.80. The number of anilines is 3. The van der Waals surface area contributed by atoms with Crippen LogP contribution in [0.4, 0.5) is 17.1 Å². The van der Waals surface area contributed by atoms with E-state index in [1.165, 1.54) is 94.2 Å². The van der Waals surface area contributed by atoms with Crippen molar-refractivity contribution in [1.82, 2.24) is 0 Å². The van der Waals surface area contributed by atoms with Gasteiger partial charge in [-0.25, -0.2) is 0 Å². The Morgan fingerprint density at radius 3 is 1.60 bits per heavy atom. The van der Waals surface area contributed by atoms with E-state index in [9.17, 15) is 0 Å². The van der Waals surface area contributed by atoms with Crippen LogP contribution in [-0.2, 0) is 16.2 Å². The zero-order valence-electron chi connectivity index (χ0n) is 38.9. The molecule has 12 rings (SSSR count). The van der Waals surface area contributed by atoms with E-state index in [1.54, 1.807) is 0 Å². The van der Waals surface area contributed by atoms with Crippen LogP contribution < -0.4 is 4.90 Å². The Kier molecular flexibility index (Phi) is 9.38. The predicted molar refractivity (Wildman–Crippen MR) is 283 cm³/mol. The summed E-state index contributed by atoms with van der Waals surface area (Å²) < 4.78 is 0. The summed E-state index contributed by atoms with van der Waals surface area (Å²) in [7, 11) is 0. The Hall–Kier alpha value is -7.74. The molecule has 0 aromatic heterocycles. The molecule has 10 aromatic rings. The van der Waals surface area contributed by atoms with Gasteiger partial charge in [-0.1, -0.05) is 235 Å². The Morgan fingerprint density at radius 2 is 0.910 bits per heavy atom. The van der Waals surface area contributed by atoms with Gasteiger partial charge >= 0.3 is 0 Å². The fourth-order valence-electron chi connectivity index (χ4n) is 11.7. The maximum Gasteiger partial charge on any atom is 0.0713 e. The molecule has 0 radical (unpaired) electrons. The fraction of sp³-hybridized carbons (Fsp3) is 0.121. The summed E-state index contributed by atoms with van der Waals surface area (Å²) in [6.07, 6.45) is 0. The lowest BCUT2D eigenvalue weighted by Crippen LogP contribution is -2.28. The van der Waals surface area contributed by atoms with Crippen molar-refractivity contribution in [2.45, 2.75) is 50.9 Å². The SMILES string of the molecule is CC(C)(C)c1ccc(-c2ccc(N(c3ccc4c(c3)-c3ccccc3C4(c3ccccc3)c3ccccc3)c3ccc4ccccc4c3-c3cccc4c3-c3ccccc3C4(C)C)cc2)cc1. The standard InChI is InChI=1S/C66H53N/c1-64(2,3)47-36-31-44(32-37-47)45-33-38-50(39-34-45)67(51-40-41-59-56(43-51)53-25-14-17-29-58(53)66(59,48-20-8-6-9-21-48)49-22-10-7-11-23-49)61-42-35-46-19-12-13-24-52(46)63(61)55-27-18-30-60-62(55)54-26-15-16-28-57(54)65(60,4)5/h6-43H,1-5H3. The third-order valence-electron chi connectivity index (χ3n) is 14.9. The van der Waals surface area contributed by atoms with Gasteiger partial charge in [-0.3, -0.25) is 0 Å². The fourth-order valence-corrected chi connectivity index (χ4v) is 11.7. The average molecular weight is 860 g/mol. The predicted octanol–water partition coefficient (Wildman–Crippen LogP) is 17.6. The van der Waals surface area contributed by atoms with Crippen LogP contribution in [0.15, 0.2) is 231 Å². The highest BCUT2D eigenvalue weighted by atomic mass is 15.1. The second kappa shape index (κ2) is 15.4. The highest BCUT2D eigenvalue weighted by Crippen LogP contribution is 2.59. The third-order valence-corrected chi connectivity index (χ3v) is 14.9. The summed E-state index contributed by atoms with van der Waals surface area (Å²) in [5.74, 6) is 0. The van der Waals surface area contributed by atoms with Crippen LogP contribution in [0.25, 0.3) is 55.3 Å². The van der Waals surface area contributed by atoms with Crippen molar-refractivity contribution in [3.63, 3.8) is 0 Å². The Labute approximate surface area is 395 Å². The number of rotatable bonds is 7. The van der Waals surface area contributed by atoms with Gasteiger partial charge in [0.05, 0.1) is 11.1 Å². The third kappa shape index (κ3) is 6.29. The first-order valence-electron chi connectivity index (χ1n) is 23.8. The molecule has 0 N–H and O–H groups in total. The summed E-state index contributed by atoms with van der Waals surface area (Å²) in [5.41, 5.74) is 22.1. The van der Waals surface area contributed by atoms with E-state index in [0.717, 1.165) is 17.1 Å². The van der Waals surface area contributed by atoms with Crippen LogP contribution in [0.5, 0.6) is 0 Å². The lowest BCUT2D eigenvalue weighted by Gasteiger charge is -2.34. The largest absolute Gasteiger partial charge is 0.310 e. The smallest absolute Gasteiger partial charge is 0.0713 e. The molecule has 1 nitrogen and oxygen atoms in total. The van der Waals surface area contributed by atoms with Gasteiger partial charge in [-0.15, -0.1) is 0 Å². The molecule has 10 aromatic carbocycles. The maximum absolute atomic E-state index is 2.52. The molecule has 2 aliphatic carbocycles. The molecular formula is C66H53N. The monoisotopic (exact) mass is 859 g/mol. The Bertz CT molecular complexity index is 3460. The summed E-state index contributed by atoms with van der Waals surface area (Å²) in [6.45, 7) is 11.6. The van der Waals surface area contributed by atoms with Gasteiger partial charge in [-0.2, -0.15) is 0 Å². The normalized spacial score (nSPS) is 14.0. The topological polar surface area (TPSA) is 3.24 Å². The summed E-state index contributed by atoms with van der Waals surface area (Å²) in [6, 6.07) is 86.5. The van der Waals surface area contributed by atoms with Crippen molar-refractivity contribution in [1.29, 1.82) is 0 Å².